The number of aliphatic carboxylic acids is 1. The minimum Gasteiger partial charge on any atom is -0.548 e. The van der Waals surface area contributed by atoms with Gasteiger partial charge in [0, 0.05) is 5.41 Å². The van der Waals surface area contributed by atoms with E-state index in [4.69, 9.17) is 0 Å². The van der Waals surface area contributed by atoms with Crippen LogP contribution in [0.15, 0.2) is 35.7 Å². The molecule has 1 aromatic rings. The molecule has 0 amide bonds. The molecule has 0 heterocycles. The summed E-state index contributed by atoms with van der Waals surface area (Å²) in [6.45, 7) is 3.20. The molecule has 1 N–H and O–H groups in total. The Morgan fingerprint density at radius 3 is 2.32 bits per heavy atom. The molecule has 0 fully saturated rings. The minimum atomic E-state index is -3.82. The van der Waals surface area contributed by atoms with Crippen molar-refractivity contribution in [3.63, 3.8) is 0 Å². The summed E-state index contributed by atoms with van der Waals surface area (Å²) in [7, 11) is -3.82. The van der Waals surface area contributed by atoms with Crippen molar-refractivity contribution in [2.45, 2.75) is 19.9 Å². The van der Waals surface area contributed by atoms with Crippen molar-refractivity contribution in [2.75, 3.05) is 0 Å². The van der Waals surface area contributed by atoms with Crippen molar-refractivity contribution in [3.8, 4) is 0 Å². The van der Waals surface area contributed by atoms with E-state index in [1.54, 1.807) is 38.1 Å². The highest BCUT2D eigenvalue weighted by molar-refractivity contribution is 7.92. The largest absolute Gasteiger partial charge is 0.548 e. The van der Waals surface area contributed by atoms with Gasteiger partial charge in [0.15, 0.2) is 0 Å². The van der Waals surface area contributed by atoms with E-state index < -0.39 is 28.0 Å². The third-order valence-electron chi connectivity index (χ3n) is 2.45. The molecule has 0 aromatic heterocycles. The molecule has 0 saturated heterocycles. The first-order valence-corrected chi connectivity index (χ1v) is 7.33. The lowest BCUT2D eigenvalue weighted by Gasteiger charge is -2.21. The van der Waals surface area contributed by atoms with Crippen LogP contribution in [0, 0.1) is 5.92 Å². The van der Waals surface area contributed by atoms with Gasteiger partial charge in [-0.05, 0) is 17.6 Å². The van der Waals surface area contributed by atoms with Crippen LogP contribution in [0.3, 0.4) is 0 Å². The lowest BCUT2D eigenvalue weighted by Crippen LogP contribution is -2.50. The Kier molecular flexibility index (Phi) is 5.26. The first-order valence-electron chi connectivity index (χ1n) is 5.78. The molecular weight excluding hydrogens is 266 g/mol. The number of carbonyl (C=O) groups excluding carboxylic acids is 1. The molecule has 5 nitrogen and oxygen atoms in total. The average molecular weight is 282 g/mol. The number of hydrogen-bond donors (Lipinski definition) is 1. The molecule has 0 aliphatic heterocycles. The lowest BCUT2D eigenvalue weighted by molar-refractivity contribution is -0.309. The summed E-state index contributed by atoms with van der Waals surface area (Å²) in [5.41, 5.74) is 0.711. The topological polar surface area (TPSA) is 86.3 Å². The van der Waals surface area contributed by atoms with E-state index >= 15 is 0 Å². The van der Waals surface area contributed by atoms with Gasteiger partial charge in [-0.2, -0.15) is 0 Å². The highest BCUT2D eigenvalue weighted by Crippen LogP contribution is 2.06. The molecule has 19 heavy (non-hydrogen) atoms. The van der Waals surface area contributed by atoms with E-state index in [0.717, 1.165) is 5.41 Å². The minimum absolute atomic E-state index is 0.398. The second kappa shape index (κ2) is 6.49. The monoisotopic (exact) mass is 282 g/mol. The van der Waals surface area contributed by atoms with E-state index in [1.807, 2.05) is 6.07 Å². The van der Waals surface area contributed by atoms with Crippen molar-refractivity contribution in [1.82, 2.24) is 4.72 Å². The van der Waals surface area contributed by atoms with Gasteiger partial charge in [0.2, 0.25) is 10.0 Å². The van der Waals surface area contributed by atoms with Crippen molar-refractivity contribution < 1.29 is 18.3 Å². The highest BCUT2D eigenvalue weighted by atomic mass is 32.2. The van der Waals surface area contributed by atoms with Crippen LogP contribution in [0.5, 0.6) is 0 Å². The van der Waals surface area contributed by atoms with Gasteiger partial charge in [0.1, 0.15) is 0 Å². The molecule has 104 valence electrons. The molecule has 1 atom stereocenters. The number of hydrogen-bond acceptors (Lipinski definition) is 4. The SMILES string of the molecule is CC(C)[C@@H](NS(=O)(=O)/C=C/c1ccccc1)C(=O)[O-]. The summed E-state index contributed by atoms with van der Waals surface area (Å²) in [5, 5.41) is 11.8. The van der Waals surface area contributed by atoms with Gasteiger partial charge < -0.3 is 9.90 Å². The summed E-state index contributed by atoms with van der Waals surface area (Å²) >= 11 is 0. The number of carbonyl (C=O) groups is 1. The zero-order chi connectivity index (χ0) is 14.5. The Morgan fingerprint density at radius 2 is 1.84 bits per heavy atom. The van der Waals surface area contributed by atoms with Crippen LogP contribution >= 0.6 is 0 Å². The summed E-state index contributed by atoms with van der Waals surface area (Å²) in [6.07, 6.45) is 1.40. The summed E-state index contributed by atoms with van der Waals surface area (Å²) < 4.78 is 25.6. The standard InChI is InChI=1S/C13H17NO4S/c1-10(2)12(13(15)16)14-19(17,18)9-8-11-6-4-3-5-7-11/h3-10,12,14H,1-2H3,(H,15,16)/p-1/b9-8+/t12-/m1/s1. The molecule has 0 aliphatic rings. The Hall–Kier alpha value is -1.66. The normalized spacial score (nSPS) is 13.8. The maximum absolute atomic E-state index is 11.7. The van der Waals surface area contributed by atoms with E-state index in [1.165, 1.54) is 6.08 Å². The van der Waals surface area contributed by atoms with Crippen LogP contribution < -0.4 is 9.83 Å². The summed E-state index contributed by atoms with van der Waals surface area (Å²) in [5.74, 6) is -1.84. The highest BCUT2D eigenvalue weighted by Gasteiger charge is 2.19. The molecular formula is C13H16NO4S-. The fourth-order valence-electron chi connectivity index (χ4n) is 1.40. The van der Waals surface area contributed by atoms with E-state index in [2.05, 4.69) is 4.72 Å². The summed E-state index contributed by atoms with van der Waals surface area (Å²) in [6, 6.07) is 7.60. The summed E-state index contributed by atoms with van der Waals surface area (Å²) in [4.78, 5) is 10.8. The van der Waals surface area contributed by atoms with Gasteiger partial charge in [-0.25, -0.2) is 13.1 Å². The van der Waals surface area contributed by atoms with Gasteiger partial charge in [-0.3, -0.25) is 0 Å². The first-order chi connectivity index (χ1) is 8.82. The number of nitrogens with one attached hydrogen (secondary N) is 1. The van der Waals surface area contributed by atoms with Crippen molar-refractivity contribution in [2.24, 2.45) is 5.92 Å². The molecule has 0 saturated carbocycles. The lowest BCUT2D eigenvalue weighted by atomic mass is 10.1. The van der Waals surface area contributed by atoms with Gasteiger partial charge in [-0.15, -0.1) is 0 Å². The van der Waals surface area contributed by atoms with Crippen LogP contribution in [0.25, 0.3) is 6.08 Å². The Morgan fingerprint density at radius 1 is 1.26 bits per heavy atom. The third-order valence-corrected chi connectivity index (χ3v) is 3.53. The third kappa shape index (κ3) is 5.23. The zero-order valence-corrected chi connectivity index (χ0v) is 11.6. The second-order valence-electron chi connectivity index (χ2n) is 4.42. The molecule has 1 aromatic carbocycles. The van der Waals surface area contributed by atoms with E-state index in [9.17, 15) is 18.3 Å². The average Bonchev–Trinajstić information content (AvgIpc) is 2.34. The number of carboxylic acids is 1. The number of carboxylic acid groups (broad SMARTS) is 1. The van der Waals surface area contributed by atoms with E-state index in [-0.39, 0.29) is 0 Å². The Bertz CT molecular complexity index is 549. The maximum Gasteiger partial charge on any atom is 0.234 e. The fourth-order valence-corrected chi connectivity index (χ4v) is 2.54. The first kappa shape index (κ1) is 15.4. The molecule has 0 spiro atoms. The Balaban J connectivity index is 2.82. The zero-order valence-electron chi connectivity index (χ0n) is 10.7. The Labute approximate surface area is 113 Å². The van der Waals surface area contributed by atoms with Crippen LogP contribution in [0.2, 0.25) is 0 Å². The molecule has 0 bridgehead atoms. The van der Waals surface area contributed by atoms with Crippen LogP contribution in [-0.2, 0) is 14.8 Å². The van der Waals surface area contributed by atoms with Crippen LogP contribution in [-0.4, -0.2) is 20.4 Å². The molecule has 0 radical (unpaired) electrons. The van der Waals surface area contributed by atoms with Gasteiger partial charge in [0.25, 0.3) is 0 Å². The van der Waals surface area contributed by atoms with Crippen molar-refractivity contribution >= 4 is 22.1 Å². The molecule has 6 heteroatoms. The number of rotatable bonds is 6. The predicted molar refractivity (Wildman–Crippen MR) is 71.2 cm³/mol. The van der Waals surface area contributed by atoms with Gasteiger partial charge in [-0.1, -0.05) is 44.2 Å². The van der Waals surface area contributed by atoms with Gasteiger partial charge >= 0.3 is 0 Å². The van der Waals surface area contributed by atoms with E-state index in [0.29, 0.717) is 5.56 Å². The fraction of sp³-hybridized carbons (Fsp3) is 0.308. The number of benzene rings is 1. The quantitative estimate of drug-likeness (QED) is 0.815. The van der Waals surface area contributed by atoms with Crippen LogP contribution in [0.4, 0.5) is 0 Å². The van der Waals surface area contributed by atoms with Crippen molar-refractivity contribution in [1.29, 1.82) is 0 Å². The van der Waals surface area contributed by atoms with Gasteiger partial charge in [0.05, 0.1) is 12.0 Å². The van der Waals surface area contributed by atoms with Crippen LogP contribution in [0.1, 0.15) is 19.4 Å². The molecule has 0 unspecified atom stereocenters. The second-order valence-corrected chi connectivity index (χ2v) is 6.01. The molecule has 1 rings (SSSR count). The number of sulfonamides is 1. The maximum atomic E-state index is 11.7. The van der Waals surface area contributed by atoms with Crippen molar-refractivity contribution in [3.05, 3.63) is 41.3 Å². The molecule has 0 aliphatic carbocycles. The predicted octanol–water partition coefficient (Wildman–Crippen LogP) is 0.351. The smallest absolute Gasteiger partial charge is 0.234 e.